The zero-order valence-corrected chi connectivity index (χ0v) is 16.7. The van der Waals surface area contributed by atoms with Crippen LogP contribution in [-0.2, 0) is 19.7 Å². The van der Waals surface area contributed by atoms with Crippen molar-refractivity contribution in [3.05, 3.63) is 90.0 Å². The molecule has 0 amide bonds. The number of hydrogen-bond donors (Lipinski definition) is 1. The van der Waals surface area contributed by atoms with Crippen LogP contribution in [0.25, 0.3) is 11.0 Å². The number of pyridine rings is 1. The van der Waals surface area contributed by atoms with Gasteiger partial charge in [-0.1, -0.05) is 36.4 Å². The predicted octanol–water partition coefficient (Wildman–Crippen LogP) is 4.50. The largest absolute Gasteiger partial charge is 0.489 e. The zero-order chi connectivity index (χ0) is 19.9. The van der Waals surface area contributed by atoms with Crippen molar-refractivity contribution in [1.29, 1.82) is 0 Å². The van der Waals surface area contributed by atoms with E-state index in [1.165, 1.54) is 11.1 Å². The van der Waals surface area contributed by atoms with Crippen LogP contribution in [0.2, 0.25) is 0 Å². The number of rotatable bonds is 9. The number of fused-ring (bicyclic) bond motifs is 1. The van der Waals surface area contributed by atoms with Gasteiger partial charge in [0.25, 0.3) is 0 Å². The Morgan fingerprint density at radius 3 is 2.76 bits per heavy atom. The van der Waals surface area contributed by atoms with Gasteiger partial charge in [-0.2, -0.15) is 0 Å². The predicted molar refractivity (Wildman–Crippen MR) is 116 cm³/mol. The molecule has 0 saturated heterocycles. The lowest BCUT2D eigenvalue weighted by Crippen LogP contribution is -2.17. The minimum atomic E-state index is 0.526. The number of aryl methyl sites for hydroxylation is 2. The van der Waals surface area contributed by atoms with Crippen molar-refractivity contribution in [2.45, 2.75) is 33.0 Å². The number of nitrogens with one attached hydrogen (secondary N) is 1. The molecule has 2 heterocycles. The highest BCUT2D eigenvalue weighted by Gasteiger charge is 2.07. The first kappa shape index (κ1) is 19.2. The second-order valence-corrected chi connectivity index (χ2v) is 7.09. The first-order valence-electron chi connectivity index (χ1n) is 10.0. The van der Waals surface area contributed by atoms with Gasteiger partial charge in [0.05, 0.1) is 11.0 Å². The summed E-state index contributed by atoms with van der Waals surface area (Å²) in [5.41, 5.74) is 4.51. The Labute approximate surface area is 171 Å². The molecule has 5 heteroatoms. The van der Waals surface area contributed by atoms with E-state index in [1.807, 2.05) is 36.5 Å². The second kappa shape index (κ2) is 9.34. The van der Waals surface area contributed by atoms with Gasteiger partial charge in [0.15, 0.2) is 0 Å². The third kappa shape index (κ3) is 4.81. The summed E-state index contributed by atoms with van der Waals surface area (Å²) in [7, 11) is 0. The normalized spacial score (nSPS) is 11.1. The molecule has 0 aliphatic rings. The van der Waals surface area contributed by atoms with Gasteiger partial charge in [-0.25, -0.2) is 4.98 Å². The van der Waals surface area contributed by atoms with E-state index in [-0.39, 0.29) is 0 Å². The van der Waals surface area contributed by atoms with Crippen LogP contribution >= 0.6 is 0 Å². The molecule has 1 N–H and O–H groups in total. The Morgan fingerprint density at radius 1 is 1.00 bits per heavy atom. The summed E-state index contributed by atoms with van der Waals surface area (Å²) in [5.74, 6) is 1.99. The van der Waals surface area contributed by atoms with Crippen LogP contribution in [0.4, 0.5) is 0 Å². The highest BCUT2D eigenvalue weighted by Crippen LogP contribution is 2.19. The number of imidazole rings is 1. The minimum Gasteiger partial charge on any atom is -0.489 e. The number of ether oxygens (including phenoxy) is 1. The lowest BCUT2D eigenvalue weighted by Gasteiger charge is -2.12. The quantitative estimate of drug-likeness (QED) is 0.430. The van der Waals surface area contributed by atoms with Crippen molar-refractivity contribution in [2.24, 2.45) is 0 Å². The third-order valence-corrected chi connectivity index (χ3v) is 4.99. The number of aromatic nitrogens is 3. The summed E-state index contributed by atoms with van der Waals surface area (Å²) >= 11 is 0. The van der Waals surface area contributed by atoms with Crippen LogP contribution in [0.1, 0.15) is 23.4 Å². The summed E-state index contributed by atoms with van der Waals surface area (Å²) < 4.78 is 8.30. The van der Waals surface area contributed by atoms with E-state index in [4.69, 9.17) is 4.74 Å². The fourth-order valence-electron chi connectivity index (χ4n) is 3.50. The van der Waals surface area contributed by atoms with Crippen molar-refractivity contribution < 1.29 is 4.74 Å². The van der Waals surface area contributed by atoms with Gasteiger partial charge in [-0.15, -0.1) is 0 Å². The topological polar surface area (TPSA) is 52.0 Å². The van der Waals surface area contributed by atoms with Crippen LogP contribution in [0.15, 0.2) is 73.1 Å². The molecule has 0 aliphatic carbocycles. The number of hydrogen-bond acceptors (Lipinski definition) is 4. The maximum Gasteiger partial charge on any atom is 0.124 e. The van der Waals surface area contributed by atoms with Gasteiger partial charge in [0, 0.05) is 36.6 Å². The molecule has 2 aromatic carbocycles. The maximum absolute atomic E-state index is 6.01. The summed E-state index contributed by atoms with van der Waals surface area (Å²) in [6.45, 7) is 5.27. The van der Waals surface area contributed by atoms with Gasteiger partial charge in [-0.3, -0.25) is 4.98 Å². The van der Waals surface area contributed by atoms with E-state index >= 15 is 0 Å². The van der Waals surface area contributed by atoms with Crippen molar-refractivity contribution in [2.75, 3.05) is 6.54 Å². The fourth-order valence-corrected chi connectivity index (χ4v) is 3.50. The SMILES string of the molecule is Cc1nc2ccccc2n1CCCNCc1ccccc1OCc1cccnc1. The Hall–Kier alpha value is -3.18. The zero-order valence-electron chi connectivity index (χ0n) is 16.7. The average Bonchev–Trinajstić information content (AvgIpc) is 3.08. The Morgan fingerprint density at radius 2 is 1.86 bits per heavy atom. The molecule has 0 aliphatic heterocycles. The molecule has 0 atom stereocenters. The van der Waals surface area contributed by atoms with Gasteiger partial charge >= 0.3 is 0 Å². The summed E-state index contributed by atoms with van der Waals surface area (Å²) in [5, 5.41) is 3.54. The van der Waals surface area contributed by atoms with E-state index in [9.17, 15) is 0 Å². The number of nitrogens with zero attached hydrogens (tertiary/aromatic N) is 3. The molecule has 148 valence electrons. The molecular weight excluding hydrogens is 360 g/mol. The first-order valence-corrected chi connectivity index (χ1v) is 10.0. The van der Waals surface area contributed by atoms with Crippen molar-refractivity contribution in [3.63, 3.8) is 0 Å². The molecule has 0 fully saturated rings. The highest BCUT2D eigenvalue weighted by molar-refractivity contribution is 5.75. The van der Waals surface area contributed by atoms with Crippen molar-refractivity contribution >= 4 is 11.0 Å². The Kier molecular flexibility index (Phi) is 6.17. The molecule has 5 nitrogen and oxygen atoms in total. The highest BCUT2D eigenvalue weighted by atomic mass is 16.5. The molecule has 4 rings (SSSR count). The lowest BCUT2D eigenvalue weighted by molar-refractivity contribution is 0.301. The smallest absolute Gasteiger partial charge is 0.124 e. The molecule has 2 aromatic heterocycles. The van der Waals surface area contributed by atoms with Crippen LogP contribution in [-0.4, -0.2) is 21.1 Å². The summed E-state index contributed by atoms with van der Waals surface area (Å²) in [6.07, 6.45) is 4.65. The summed E-state index contributed by atoms with van der Waals surface area (Å²) in [4.78, 5) is 8.77. The van der Waals surface area contributed by atoms with Gasteiger partial charge in [0.2, 0.25) is 0 Å². The maximum atomic E-state index is 6.01. The van der Waals surface area contributed by atoms with E-state index in [0.717, 1.165) is 48.7 Å². The molecule has 0 bridgehead atoms. The Bertz CT molecular complexity index is 1060. The van der Waals surface area contributed by atoms with Crippen molar-refractivity contribution in [3.8, 4) is 5.75 Å². The number of benzene rings is 2. The monoisotopic (exact) mass is 386 g/mol. The van der Waals surface area contributed by atoms with Gasteiger partial charge in [-0.05, 0) is 44.2 Å². The fraction of sp³-hybridized carbons (Fsp3) is 0.250. The van der Waals surface area contributed by atoms with Gasteiger partial charge < -0.3 is 14.6 Å². The van der Waals surface area contributed by atoms with Crippen LogP contribution in [0, 0.1) is 6.92 Å². The molecule has 0 saturated carbocycles. The summed E-state index contributed by atoms with van der Waals surface area (Å²) in [6, 6.07) is 20.5. The third-order valence-electron chi connectivity index (χ3n) is 4.99. The van der Waals surface area contributed by atoms with Crippen LogP contribution < -0.4 is 10.1 Å². The lowest BCUT2D eigenvalue weighted by atomic mass is 10.2. The van der Waals surface area contributed by atoms with E-state index in [1.54, 1.807) is 6.20 Å². The molecule has 0 spiro atoms. The standard InChI is InChI=1S/C24H26N4O/c1-19-27-22-10-3-4-11-23(22)28(19)15-7-14-26-17-21-9-2-5-12-24(21)29-18-20-8-6-13-25-16-20/h2-6,8-13,16,26H,7,14-15,17-18H2,1H3. The van der Waals surface area contributed by atoms with E-state index < -0.39 is 0 Å². The minimum absolute atomic E-state index is 0.526. The molecule has 4 aromatic rings. The number of para-hydroxylation sites is 3. The molecular formula is C24H26N4O. The van der Waals surface area contributed by atoms with Gasteiger partial charge in [0.1, 0.15) is 18.2 Å². The second-order valence-electron chi connectivity index (χ2n) is 7.09. The van der Waals surface area contributed by atoms with Crippen molar-refractivity contribution in [1.82, 2.24) is 19.9 Å². The molecule has 0 radical (unpaired) electrons. The molecule has 0 unspecified atom stereocenters. The van der Waals surface area contributed by atoms with Crippen LogP contribution in [0.5, 0.6) is 5.75 Å². The van der Waals surface area contributed by atoms with E-state index in [0.29, 0.717) is 6.61 Å². The first-order chi connectivity index (χ1) is 14.3. The van der Waals surface area contributed by atoms with Crippen LogP contribution in [0.3, 0.4) is 0 Å². The van der Waals surface area contributed by atoms with E-state index in [2.05, 4.69) is 57.1 Å². The molecule has 29 heavy (non-hydrogen) atoms. The Balaban J connectivity index is 1.28. The average molecular weight is 386 g/mol.